The zero-order valence-electron chi connectivity index (χ0n) is 11.7. The summed E-state index contributed by atoms with van der Waals surface area (Å²) >= 11 is 0. The zero-order valence-corrected chi connectivity index (χ0v) is 11.7. The maximum atomic E-state index is 12.0. The Balaban J connectivity index is 1.55. The molecule has 1 atom stereocenters. The van der Waals surface area contributed by atoms with Crippen molar-refractivity contribution in [3.63, 3.8) is 0 Å². The molecule has 6 heteroatoms. The van der Waals surface area contributed by atoms with Crippen molar-refractivity contribution >= 4 is 11.8 Å². The molecule has 0 bridgehead atoms. The third kappa shape index (κ3) is 3.26. The normalized spacial score (nSPS) is 20.6. The van der Waals surface area contributed by atoms with Crippen LogP contribution in [-0.4, -0.2) is 31.6 Å². The summed E-state index contributed by atoms with van der Waals surface area (Å²) in [6, 6.07) is 5.66. The van der Waals surface area contributed by atoms with E-state index >= 15 is 0 Å². The fourth-order valence-corrected chi connectivity index (χ4v) is 2.49. The van der Waals surface area contributed by atoms with Crippen molar-refractivity contribution in [2.45, 2.75) is 19.4 Å². The van der Waals surface area contributed by atoms with Gasteiger partial charge >= 0.3 is 0 Å². The second-order valence-electron chi connectivity index (χ2n) is 5.24. The monoisotopic (exact) mass is 290 g/mol. The first-order valence-corrected chi connectivity index (χ1v) is 7.15. The molecule has 0 aliphatic carbocycles. The molecule has 0 aromatic heterocycles. The van der Waals surface area contributed by atoms with Crippen LogP contribution in [0.3, 0.4) is 0 Å². The first-order chi connectivity index (χ1) is 10.2. The van der Waals surface area contributed by atoms with Gasteiger partial charge in [-0.15, -0.1) is 0 Å². The van der Waals surface area contributed by atoms with E-state index in [1.165, 1.54) is 0 Å². The van der Waals surface area contributed by atoms with Gasteiger partial charge in [-0.1, -0.05) is 6.07 Å². The summed E-state index contributed by atoms with van der Waals surface area (Å²) in [5.74, 6) is 1.32. The number of ether oxygens (including phenoxy) is 2. The van der Waals surface area contributed by atoms with Crippen molar-refractivity contribution < 1.29 is 19.1 Å². The number of rotatable bonds is 3. The number of benzene rings is 1. The summed E-state index contributed by atoms with van der Waals surface area (Å²) in [6.07, 6.45) is 1.03. The Bertz CT molecular complexity index is 549. The predicted molar refractivity (Wildman–Crippen MR) is 75.0 cm³/mol. The fourth-order valence-electron chi connectivity index (χ4n) is 2.49. The van der Waals surface area contributed by atoms with Crippen molar-refractivity contribution in [1.29, 1.82) is 0 Å². The SMILES string of the molecule is O=C1CC[C@H](C(=O)NCc2ccc3c(c2)OCCO3)CN1. The molecule has 0 unspecified atom stereocenters. The van der Waals surface area contributed by atoms with E-state index in [1.54, 1.807) is 0 Å². The molecule has 2 aliphatic heterocycles. The third-order valence-corrected chi connectivity index (χ3v) is 3.71. The molecule has 1 aromatic rings. The molecule has 3 rings (SSSR count). The lowest BCUT2D eigenvalue weighted by atomic mass is 9.98. The van der Waals surface area contributed by atoms with E-state index in [-0.39, 0.29) is 17.7 Å². The minimum absolute atomic E-state index is 0.0193. The Hall–Kier alpha value is -2.24. The van der Waals surface area contributed by atoms with E-state index in [2.05, 4.69) is 10.6 Å². The number of hydrogen-bond acceptors (Lipinski definition) is 4. The molecule has 21 heavy (non-hydrogen) atoms. The minimum Gasteiger partial charge on any atom is -0.486 e. The van der Waals surface area contributed by atoms with Crippen molar-refractivity contribution in [3.05, 3.63) is 23.8 Å². The van der Waals surface area contributed by atoms with Gasteiger partial charge in [-0.25, -0.2) is 0 Å². The van der Waals surface area contributed by atoms with E-state index in [0.29, 0.717) is 39.1 Å². The van der Waals surface area contributed by atoms with Crippen LogP contribution in [0.1, 0.15) is 18.4 Å². The molecule has 112 valence electrons. The molecule has 2 aliphatic rings. The fraction of sp³-hybridized carbons (Fsp3) is 0.467. The Labute approximate surface area is 122 Å². The van der Waals surface area contributed by atoms with E-state index in [9.17, 15) is 9.59 Å². The van der Waals surface area contributed by atoms with Crippen molar-refractivity contribution in [2.75, 3.05) is 19.8 Å². The summed E-state index contributed by atoms with van der Waals surface area (Å²) < 4.78 is 11.0. The average Bonchev–Trinajstić information content (AvgIpc) is 2.53. The first-order valence-electron chi connectivity index (χ1n) is 7.15. The molecule has 2 heterocycles. The average molecular weight is 290 g/mol. The maximum absolute atomic E-state index is 12.0. The zero-order chi connectivity index (χ0) is 14.7. The van der Waals surface area contributed by atoms with Gasteiger partial charge in [-0.3, -0.25) is 9.59 Å². The van der Waals surface area contributed by atoms with Crippen LogP contribution in [0.2, 0.25) is 0 Å². The molecular weight excluding hydrogens is 272 g/mol. The van der Waals surface area contributed by atoms with Crippen molar-refractivity contribution in [2.24, 2.45) is 5.92 Å². The molecule has 0 saturated carbocycles. The number of nitrogens with one attached hydrogen (secondary N) is 2. The molecule has 1 aromatic carbocycles. The van der Waals surface area contributed by atoms with E-state index in [0.717, 1.165) is 17.1 Å². The molecule has 1 fully saturated rings. The summed E-state index contributed by atoms with van der Waals surface area (Å²) in [4.78, 5) is 23.1. The Kier molecular flexibility index (Phi) is 3.94. The topological polar surface area (TPSA) is 76.7 Å². The maximum Gasteiger partial charge on any atom is 0.225 e. The van der Waals surface area contributed by atoms with Gasteiger partial charge in [-0.2, -0.15) is 0 Å². The Morgan fingerprint density at radius 1 is 1.29 bits per heavy atom. The van der Waals surface area contributed by atoms with Crippen LogP contribution < -0.4 is 20.1 Å². The van der Waals surface area contributed by atoms with Gasteiger partial charge in [0.25, 0.3) is 0 Å². The quantitative estimate of drug-likeness (QED) is 0.854. The summed E-state index contributed by atoms with van der Waals surface area (Å²) in [6.45, 7) is 1.98. The number of amides is 2. The molecule has 2 amide bonds. The lowest BCUT2D eigenvalue weighted by Crippen LogP contribution is -2.42. The molecule has 1 saturated heterocycles. The number of carbonyl (C=O) groups excluding carboxylic acids is 2. The van der Waals surface area contributed by atoms with Crippen molar-refractivity contribution in [1.82, 2.24) is 10.6 Å². The van der Waals surface area contributed by atoms with Gasteiger partial charge in [0.1, 0.15) is 13.2 Å². The highest BCUT2D eigenvalue weighted by Gasteiger charge is 2.24. The van der Waals surface area contributed by atoms with Crippen LogP contribution in [0.15, 0.2) is 18.2 Å². The highest BCUT2D eigenvalue weighted by Crippen LogP contribution is 2.30. The highest BCUT2D eigenvalue weighted by atomic mass is 16.6. The standard InChI is InChI=1S/C15H18N2O4/c18-14-4-2-11(9-16-14)15(19)17-8-10-1-3-12-13(7-10)21-6-5-20-12/h1,3,7,11H,2,4-6,8-9H2,(H,16,18)(H,17,19)/t11-/m0/s1. The third-order valence-electron chi connectivity index (χ3n) is 3.71. The predicted octanol–water partition coefficient (Wildman–Crippen LogP) is 0.600. The van der Waals surface area contributed by atoms with E-state index < -0.39 is 0 Å². The van der Waals surface area contributed by atoms with Gasteiger partial charge in [-0.05, 0) is 24.1 Å². The van der Waals surface area contributed by atoms with Crippen LogP contribution in [0.25, 0.3) is 0 Å². The number of carbonyl (C=O) groups is 2. The number of hydrogen-bond donors (Lipinski definition) is 2. The van der Waals surface area contributed by atoms with E-state index in [4.69, 9.17) is 9.47 Å². The summed E-state index contributed by atoms with van der Waals surface area (Å²) in [5.41, 5.74) is 0.965. The van der Waals surface area contributed by atoms with Crippen LogP contribution in [0, 0.1) is 5.92 Å². The van der Waals surface area contributed by atoms with Crippen LogP contribution in [0.4, 0.5) is 0 Å². The Morgan fingerprint density at radius 3 is 2.86 bits per heavy atom. The molecule has 6 nitrogen and oxygen atoms in total. The smallest absolute Gasteiger partial charge is 0.225 e. The van der Waals surface area contributed by atoms with Gasteiger partial charge in [0.05, 0.1) is 5.92 Å². The van der Waals surface area contributed by atoms with Crippen LogP contribution >= 0.6 is 0 Å². The summed E-state index contributed by atoms with van der Waals surface area (Å²) in [7, 11) is 0. The molecule has 2 N–H and O–H groups in total. The number of fused-ring (bicyclic) bond motifs is 1. The van der Waals surface area contributed by atoms with Crippen LogP contribution in [-0.2, 0) is 16.1 Å². The summed E-state index contributed by atoms with van der Waals surface area (Å²) in [5, 5.41) is 5.62. The van der Waals surface area contributed by atoms with Gasteiger partial charge in [0, 0.05) is 19.5 Å². The molecular formula is C15H18N2O4. The second-order valence-corrected chi connectivity index (χ2v) is 5.24. The van der Waals surface area contributed by atoms with Crippen LogP contribution in [0.5, 0.6) is 11.5 Å². The van der Waals surface area contributed by atoms with Gasteiger partial charge in [0.2, 0.25) is 11.8 Å². The second kappa shape index (κ2) is 6.03. The highest BCUT2D eigenvalue weighted by molar-refractivity contribution is 5.83. The van der Waals surface area contributed by atoms with Crippen molar-refractivity contribution in [3.8, 4) is 11.5 Å². The first kappa shape index (κ1) is 13.7. The minimum atomic E-state index is -0.139. The lowest BCUT2D eigenvalue weighted by molar-refractivity contribution is -0.129. The van der Waals surface area contributed by atoms with Gasteiger partial charge < -0.3 is 20.1 Å². The van der Waals surface area contributed by atoms with Gasteiger partial charge in [0.15, 0.2) is 11.5 Å². The molecule has 0 radical (unpaired) electrons. The Morgan fingerprint density at radius 2 is 2.10 bits per heavy atom. The largest absolute Gasteiger partial charge is 0.486 e. The van der Waals surface area contributed by atoms with E-state index in [1.807, 2.05) is 18.2 Å². The lowest BCUT2D eigenvalue weighted by Gasteiger charge is -2.22. The molecule has 0 spiro atoms. The number of piperidine rings is 1.